The SMILES string of the molecule is [F][Rh]([F])([F])[F]. The third kappa shape index (κ3) is 202. The summed E-state index contributed by atoms with van der Waals surface area (Å²) in [5.41, 5.74) is 0. The van der Waals surface area contributed by atoms with Gasteiger partial charge in [-0.2, -0.15) is 0 Å². The van der Waals surface area contributed by atoms with E-state index in [2.05, 4.69) is 0 Å². The maximum absolute atomic E-state index is 9.85. The van der Waals surface area contributed by atoms with Crippen LogP contribution in [0.4, 0.5) is 13.3 Å². The molecule has 37 valence electrons. The van der Waals surface area contributed by atoms with Gasteiger partial charge in [0.1, 0.15) is 0 Å². The summed E-state index contributed by atoms with van der Waals surface area (Å²) in [6.45, 7) is 0. The molecule has 0 saturated heterocycles. The summed E-state index contributed by atoms with van der Waals surface area (Å²) in [7, 11) is 0. The van der Waals surface area contributed by atoms with Crippen LogP contribution in [0.25, 0.3) is 0 Å². The molecular formula is F4Rh. The maximum atomic E-state index is 9.85. The standard InChI is InChI=1S/4FH.Rh/h4*1H;/q;;;;+4/p-4. The van der Waals surface area contributed by atoms with E-state index < -0.39 is 16.8 Å². The van der Waals surface area contributed by atoms with E-state index in [1.54, 1.807) is 0 Å². The van der Waals surface area contributed by atoms with Crippen LogP contribution in [0.1, 0.15) is 0 Å². The molecule has 5 heteroatoms. The van der Waals surface area contributed by atoms with Crippen LogP contribution in [0, 0.1) is 0 Å². The van der Waals surface area contributed by atoms with Crippen LogP contribution in [0.3, 0.4) is 0 Å². The average molecular weight is 179 g/mol. The van der Waals surface area contributed by atoms with E-state index in [9.17, 15) is 13.3 Å². The Balaban J connectivity index is 3.02. The second kappa shape index (κ2) is 1.21. The summed E-state index contributed by atoms with van der Waals surface area (Å²) < 4.78 is 39.4. The van der Waals surface area contributed by atoms with Gasteiger partial charge in [-0.05, 0) is 0 Å². The quantitative estimate of drug-likeness (QED) is 0.392. The molecule has 5 heavy (non-hydrogen) atoms. The van der Waals surface area contributed by atoms with E-state index in [4.69, 9.17) is 0 Å². The van der Waals surface area contributed by atoms with Gasteiger partial charge in [-0.3, -0.25) is 0 Å². The Kier molecular flexibility index (Phi) is 1.29. The summed E-state index contributed by atoms with van der Waals surface area (Å²) in [5, 5.41) is 0. The van der Waals surface area contributed by atoms with Gasteiger partial charge >= 0.3 is 30.0 Å². The molecule has 0 N–H and O–H groups in total. The van der Waals surface area contributed by atoms with Crippen LogP contribution in [0.5, 0.6) is 0 Å². The normalized spacial score (nSPS) is 15.2. The Morgan fingerprint density at radius 3 is 0.800 bits per heavy atom. The van der Waals surface area contributed by atoms with Gasteiger partial charge in [0.15, 0.2) is 0 Å². The molecule has 0 radical (unpaired) electrons. The van der Waals surface area contributed by atoms with Gasteiger partial charge in [0.2, 0.25) is 0 Å². The van der Waals surface area contributed by atoms with Crippen molar-refractivity contribution < 1.29 is 30.0 Å². The summed E-state index contributed by atoms with van der Waals surface area (Å²) in [6.07, 6.45) is 0. The molecule has 0 aromatic rings. The van der Waals surface area contributed by atoms with Crippen molar-refractivity contribution in [2.75, 3.05) is 0 Å². The summed E-state index contributed by atoms with van der Waals surface area (Å²) >= 11 is -6.78. The molecule has 0 unspecified atom stereocenters. The monoisotopic (exact) mass is 179 g/mol. The van der Waals surface area contributed by atoms with Crippen molar-refractivity contribution in [3.05, 3.63) is 0 Å². The first-order chi connectivity index (χ1) is 2.00. The Hall–Kier alpha value is 0.343. The van der Waals surface area contributed by atoms with Crippen molar-refractivity contribution in [3.63, 3.8) is 0 Å². The molecule has 0 aliphatic carbocycles. The molecule has 0 atom stereocenters. The Bertz CT molecular complexity index is 19.1. The summed E-state index contributed by atoms with van der Waals surface area (Å²) in [6, 6.07) is 0. The van der Waals surface area contributed by atoms with Crippen molar-refractivity contribution in [2.24, 2.45) is 0 Å². The zero-order valence-corrected chi connectivity index (χ0v) is 3.48. The van der Waals surface area contributed by atoms with E-state index in [0.717, 1.165) is 0 Å². The molecular weight excluding hydrogens is 179 g/mol. The van der Waals surface area contributed by atoms with Crippen LogP contribution >= 0.6 is 0 Å². The predicted octanol–water partition coefficient (Wildman–Crippen LogP) is 1.68. The molecule has 0 rings (SSSR count). The molecule has 0 aliphatic rings. The number of hydrogen-bond donors (Lipinski definition) is 0. The fourth-order valence-corrected chi connectivity index (χ4v) is 0. The van der Waals surface area contributed by atoms with Crippen LogP contribution in [0.2, 0.25) is 0 Å². The van der Waals surface area contributed by atoms with Crippen molar-refractivity contribution in [1.82, 2.24) is 0 Å². The van der Waals surface area contributed by atoms with Crippen molar-refractivity contribution >= 4 is 0 Å². The molecule has 0 fully saturated rings. The zero-order chi connectivity index (χ0) is 4.50. The molecule has 0 aliphatic heterocycles. The second-order valence-electron chi connectivity index (χ2n) is 0.286. The number of rotatable bonds is 0. The predicted molar refractivity (Wildman–Crippen MR) is 4.43 cm³/mol. The molecule has 0 aromatic heterocycles. The van der Waals surface area contributed by atoms with E-state index in [-0.39, 0.29) is 0 Å². The topological polar surface area (TPSA) is 0 Å². The first-order valence-corrected chi connectivity index (χ1v) is 2.98. The van der Waals surface area contributed by atoms with Crippen molar-refractivity contribution in [1.29, 1.82) is 0 Å². The minimum atomic E-state index is -6.78. The minimum absolute atomic E-state index is 6.78. The number of hydrogen-bond acceptors (Lipinski definition) is 0. The third-order valence-corrected chi connectivity index (χ3v) is 0. The third-order valence-electron chi connectivity index (χ3n) is 0. The van der Waals surface area contributed by atoms with Gasteiger partial charge in [-0.25, -0.2) is 0 Å². The van der Waals surface area contributed by atoms with E-state index >= 15 is 0 Å². The van der Waals surface area contributed by atoms with Crippen LogP contribution in [-0.2, 0) is 16.8 Å². The van der Waals surface area contributed by atoms with E-state index in [0.29, 0.717) is 0 Å². The van der Waals surface area contributed by atoms with Crippen LogP contribution in [0.15, 0.2) is 0 Å². The Labute approximate surface area is 30.9 Å². The summed E-state index contributed by atoms with van der Waals surface area (Å²) in [4.78, 5) is 0. The first-order valence-electron chi connectivity index (χ1n) is 0.504. The zero-order valence-electron chi connectivity index (χ0n) is 1.85. The van der Waals surface area contributed by atoms with Crippen LogP contribution in [-0.4, -0.2) is 0 Å². The average Bonchev–Trinajstić information content (AvgIpc) is 0.722. The van der Waals surface area contributed by atoms with E-state index in [1.807, 2.05) is 0 Å². The van der Waals surface area contributed by atoms with Crippen LogP contribution < -0.4 is 0 Å². The van der Waals surface area contributed by atoms with Crippen molar-refractivity contribution in [2.45, 2.75) is 0 Å². The molecule has 0 bridgehead atoms. The van der Waals surface area contributed by atoms with Gasteiger partial charge in [0.25, 0.3) is 0 Å². The van der Waals surface area contributed by atoms with Gasteiger partial charge < -0.3 is 0 Å². The van der Waals surface area contributed by atoms with Gasteiger partial charge in [0, 0.05) is 0 Å². The second-order valence-corrected chi connectivity index (χ2v) is 1.69. The Morgan fingerprint density at radius 1 is 0.800 bits per heavy atom. The molecule has 0 spiro atoms. The molecule has 0 nitrogen and oxygen atoms in total. The molecule has 0 aromatic carbocycles. The Morgan fingerprint density at radius 2 is 0.800 bits per heavy atom. The van der Waals surface area contributed by atoms with Gasteiger partial charge in [0.05, 0.1) is 0 Å². The fourth-order valence-electron chi connectivity index (χ4n) is 0. The molecule has 0 heterocycles. The number of halogens is 4. The van der Waals surface area contributed by atoms with Crippen molar-refractivity contribution in [3.8, 4) is 0 Å². The molecule has 0 amide bonds. The first kappa shape index (κ1) is 5.34. The summed E-state index contributed by atoms with van der Waals surface area (Å²) in [5.74, 6) is 0. The fraction of sp³-hybridized carbons (Fsp3) is 0. The van der Waals surface area contributed by atoms with Gasteiger partial charge in [-0.15, -0.1) is 0 Å². The van der Waals surface area contributed by atoms with Gasteiger partial charge in [-0.1, -0.05) is 0 Å². The molecule has 0 saturated carbocycles. The van der Waals surface area contributed by atoms with E-state index in [1.165, 1.54) is 0 Å².